The Morgan fingerprint density at radius 2 is 2.24 bits per heavy atom. The molecule has 4 N–H and O–H groups in total. The summed E-state index contributed by atoms with van der Waals surface area (Å²) in [5, 5.41) is 15.8. The Balaban J connectivity index is 1.49. The van der Waals surface area contributed by atoms with Gasteiger partial charge in [-0.05, 0) is 48.4 Å². The molecule has 0 aromatic carbocycles. The smallest absolute Gasteiger partial charge is 0.222 e. The van der Waals surface area contributed by atoms with Crippen molar-refractivity contribution in [1.29, 1.82) is 0 Å². The summed E-state index contributed by atoms with van der Waals surface area (Å²) in [5.41, 5.74) is 7.36. The summed E-state index contributed by atoms with van der Waals surface area (Å²) in [6, 6.07) is 7.92. The van der Waals surface area contributed by atoms with E-state index in [9.17, 15) is 9.90 Å². The highest BCUT2D eigenvalue weighted by atomic mass is 32.1. The third-order valence-electron chi connectivity index (χ3n) is 5.95. The molecule has 1 fully saturated rings. The van der Waals surface area contributed by atoms with Gasteiger partial charge in [-0.25, -0.2) is 0 Å². The Morgan fingerprint density at radius 3 is 2.90 bits per heavy atom. The molecular weight excluding hydrogens is 384 g/mol. The normalized spacial score (nSPS) is 21.5. The zero-order chi connectivity index (χ0) is 20.9. The fraction of sp³-hybridized carbons (Fsp3) is 0.545. The number of nitrogens with one attached hydrogen (secondary N) is 1. The summed E-state index contributed by atoms with van der Waals surface area (Å²) < 4.78 is 0. The molecule has 6 nitrogen and oxygen atoms in total. The molecule has 0 radical (unpaired) electrons. The lowest BCUT2D eigenvalue weighted by Gasteiger charge is -2.33. The van der Waals surface area contributed by atoms with E-state index in [-0.39, 0.29) is 17.9 Å². The van der Waals surface area contributed by atoms with E-state index in [1.54, 1.807) is 22.4 Å². The minimum Gasteiger partial charge on any atom is -0.390 e. The number of amides is 1. The van der Waals surface area contributed by atoms with Gasteiger partial charge in [-0.2, -0.15) is 0 Å². The predicted octanol–water partition coefficient (Wildman–Crippen LogP) is 2.14. The number of likely N-dealkylation sites (tertiary alicyclic amines) is 1. The maximum atomic E-state index is 12.8. The highest BCUT2D eigenvalue weighted by molar-refractivity contribution is 7.10. The van der Waals surface area contributed by atoms with Crippen LogP contribution in [0.1, 0.15) is 37.1 Å². The molecule has 2 aromatic rings. The zero-order valence-corrected chi connectivity index (χ0v) is 18.1. The number of hydrogen-bond acceptors (Lipinski definition) is 6. The van der Waals surface area contributed by atoms with Crippen molar-refractivity contribution in [3.8, 4) is 0 Å². The van der Waals surface area contributed by atoms with Crippen molar-refractivity contribution in [2.75, 3.05) is 19.6 Å². The number of rotatable bonds is 9. The SMILES string of the molecule is CC(C)C(N)(CCC(=O)N1CC(O)C(NCCc2cccnc2)C1)c1cccs1. The first-order chi connectivity index (χ1) is 13.9. The first-order valence-electron chi connectivity index (χ1n) is 10.3. The van der Waals surface area contributed by atoms with E-state index in [0.29, 0.717) is 25.9 Å². The standard InChI is InChI=1S/C22H32N4O2S/c1-16(2)22(23,20-6-4-12-29-20)9-7-21(28)26-14-18(19(27)15-26)25-11-8-17-5-3-10-24-13-17/h3-6,10,12-13,16,18-19,25,27H,7-9,11,14-15,23H2,1-2H3. The Morgan fingerprint density at radius 1 is 1.41 bits per heavy atom. The van der Waals surface area contributed by atoms with E-state index in [1.165, 1.54) is 0 Å². The topological polar surface area (TPSA) is 91.5 Å². The number of pyridine rings is 1. The Bertz CT molecular complexity index is 768. The number of thiophene rings is 1. The van der Waals surface area contributed by atoms with Crippen LogP contribution in [0.15, 0.2) is 42.0 Å². The summed E-state index contributed by atoms with van der Waals surface area (Å²) in [5.74, 6) is 0.299. The average molecular weight is 417 g/mol. The van der Waals surface area contributed by atoms with Crippen molar-refractivity contribution in [3.05, 3.63) is 52.5 Å². The second kappa shape index (κ2) is 9.80. The van der Waals surface area contributed by atoms with E-state index >= 15 is 0 Å². The van der Waals surface area contributed by atoms with Gasteiger partial charge in [0.2, 0.25) is 5.91 Å². The highest BCUT2D eigenvalue weighted by Crippen LogP contribution is 2.34. The maximum Gasteiger partial charge on any atom is 0.222 e. The monoisotopic (exact) mass is 416 g/mol. The van der Waals surface area contributed by atoms with Crippen LogP contribution in [0.2, 0.25) is 0 Å². The summed E-state index contributed by atoms with van der Waals surface area (Å²) in [6.45, 7) is 5.86. The Kier molecular flexibility index (Phi) is 7.40. The van der Waals surface area contributed by atoms with E-state index in [0.717, 1.165) is 23.4 Å². The first kappa shape index (κ1) is 21.9. The van der Waals surface area contributed by atoms with Crippen LogP contribution < -0.4 is 11.1 Å². The van der Waals surface area contributed by atoms with Crippen molar-refractivity contribution < 1.29 is 9.90 Å². The summed E-state index contributed by atoms with van der Waals surface area (Å²) in [6.07, 6.45) is 4.91. The molecule has 2 aromatic heterocycles. The number of nitrogens with zero attached hydrogens (tertiary/aromatic N) is 2. The van der Waals surface area contributed by atoms with Gasteiger partial charge in [-0.3, -0.25) is 9.78 Å². The van der Waals surface area contributed by atoms with Crippen LogP contribution in [0.3, 0.4) is 0 Å². The molecule has 29 heavy (non-hydrogen) atoms. The number of carbonyl (C=O) groups excluding carboxylic acids is 1. The van der Waals surface area contributed by atoms with Gasteiger partial charge < -0.3 is 21.1 Å². The van der Waals surface area contributed by atoms with Crippen LogP contribution in [0.5, 0.6) is 0 Å². The van der Waals surface area contributed by atoms with Gasteiger partial charge in [0.15, 0.2) is 0 Å². The number of nitrogens with two attached hydrogens (primary N) is 1. The lowest BCUT2D eigenvalue weighted by Crippen LogP contribution is -2.43. The van der Waals surface area contributed by atoms with Crippen molar-refractivity contribution in [2.45, 2.75) is 50.8 Å². The van der Waals surface area contributed by atoms with Crippen LogP contribution in [0.25, 0.3) is 0 Å². The zero-order valence-electron chi connectivity index (χ0n) is 17.3. The second-order valence-electron chi connectivity index (χ2n) is 8.21. The average Bonchev–Trinajstić information content (AvgIpc) is 3.37. The fourth-order valence-electron chi connectivity index (χ4n) is 3.85. The lowest BCUT2D eigenvalue weighted by molar-refractivity contribution is -0.131. The van der Waals surface area contributed by atoms with Crippen LogP contribution >= 0.6 is 11.3 Å². The molecule has 158 valence electrons. The van der Waals surface area contributed by atoms with Gasteiger partial charge in [0.1, 0.15) is 0 Å². The molecule has 3 atom stereocenters. The van der Waals surface area contributed by atoms with Gasteiger partial charge in [0, 0.05) is 36.8 Å². The Labute approximate surface area is 177 Å². The Hall–Kier alpha value is -1.80. The molecule has 1 aliphatic rings. The molecule has 1 amide bonds. The van der Waals surface area contributed by atoms with Crippen molar-refractivity contribution in [2.24, 2.45) is 11.7 Å². The number of β-amino-alcohol motifs (C(OH)–C–C–N with tert-alkyl or cyclic N) is 1. The molecule has 3 unspecified atom stereocenters. The second-order valence-corrected chi connectivity index (χ2v) is 9.16. The predicted molar refractivity (Wildman–Crippen MR) is 117 cm³/mol. The van der Waals surface area contributed by atoms with E-state index in [1.807, 2.05) is 29.8 Å². The fourth-order valence-corrected chi connectivity index (χ4v) is 4.87. The molecule has 1 aliphatic heterocycles. The van der Waals surface area contributed by atoms with Crippen LogP contribution in [-0.4, -0.2) is 52.7 Å². The largest absolute Gasteiger partial charge is 0.390 e. The quantitative estimate of drug-likeness (QED) is 0.583. The van der Waals surface area contributed by atoms with Crippen LogP contribution in [-0.2, 0) is 16.8 Å². The van der Waals surface area contributed by atoms with Crippen LogP contribution in [0.4, 0.5) is 0 Å². The number of carbonyl (C=O) groups is 1. The van der Waals surface area contributed by atoms with Crippen molar-refractivity contribution >= 4 is 17.2 Å². The molecule has 3 rings (SSSR count). The first-order valence-corrected chi connectivity index (χ1v) is 11.2. The van der Waals surface area contributed by atoms with Gasteiger partial charge >= 0.3 is 0 Å². The minimum atomic E-state index is -0.544. The summed E-state index contributed by atoms with van der Waals surface area (Å²) >= 11 is 1.65. The molecule has 3 heterocycles. The summed E-state index contributed by atoms with van der Waals surface area (Å²) in [7, 11) is 0. The lowest BCUT2D eigenvalue weighted by atomic mass is 9.81. The minimum absolute atomic E-state index is 0.0626. The molecule has 0 spiro atoms. The van der Waals surface area contributed by atoms with E-state index in [4.69, 9.17) is 5.73 Å². The number of aliphatic hydroxyl groups excluding tert-OH is 1. The third kappa shape index (κ3) is 5.42. The van der Waals surface area contributed by atoms with Crippen LogP contribution in [0, 0.1) is 5.92 Å². The van der Waals surface area contributed by atoms with Crippen molar-refractivity contribution in [3.63, 3.8) is 0 Å². The van der Waals surface area contributed by atoms with E-state index < -0.39 is 11.6 Å². The molecule has 0 bridgehead atoms. The van der Waals surface area contributed by atoms with Crippen molar-refractivity contribution in [1.82, 2.24) is 15.2 Å². The highest BCUT2D eigenvalue weighted by Gasteiger charge is 2.36. The van der Waals surface area contributed by atoms with Gasteiger partial charge in [0.05, 0.1) is 17.7 Å². The van der Waals surface area contributed by atoms with Gasteiger partial charge in [0.25, 0.3) is 0 Å². The molecule has 0 aliphatic carbocycles. The van der Waals surface area contributed by atoms with Gasteiger partial charge in [-0.1, -0.05) is 26.0 Å². The third-order valence-corrected chi connectivity index (χ3v) is 7.01. The van der Waals surface area contributed by atoms with E-state index in [2.05, 4.69) is 30.2 Å². The maximum absolute atomic E-state index is 12.8. The molecular formula is C22H32N4O2S. The number of hydrogen-bond donors (Lipinski definition) is 3. The number of aliphatic hydroxyl groups is 1. The number of aromatic nitrogens is 1. The molecule has 0 saturated carbocycles. The molecule has 1 saturated heterocycles. The van der Waals surface area contributed by atoms with Gasteiger partial charge in [-0.15, -0.1) is 11.3 Å². The molecule has 7 heteroatoms. The summed E-state index contributed by atoms with van der Waals surface area (Å²) in [4.78, 5) is 19.8.